The normalized spacial score (nSPS) is 15.0. The van der Waals surface area contributed by atoms with Gasteiger partial charge in [-0.05, 0) is 43.2 Å². The maximum Gasteiger partial charge on any atom is 0.258 e. The van der Waals surface area contributed by atoms with Gasteiger partial charge in [0.25, 0.3) is 5.91 Å². The van der Waals surface area contributed by atoms with Crippen molar-refractivity contribution in [3.8, 4) is 16.9 Å². The summed E-state index contributed by atoms with van der Waals surface area (Å²) >= 11 is 0. The Morgan fingerprint density at radius 2 is 1.86 bits per heavy atom. The summed E-state index contributed by atoms with van der Waals surface area (Å²) in [7, 11) is 0. The lowest BCUT2D eigenvalue weighted by atomic mass is 10.1. The Morgan fingerprint density at radius 1 is 1.04 bits per heavy atom. The van der Waals surface area contributed by atoms with Crippen LogP contribution >= 0.6 is 0 Å². The predicted molar refractivity (Wildman–Crippen MR) is 109 cm³/mol. The minimum atomic E-state index is -0.119. The second-order valence-electron chi connectivity index (χ2n) is 6.81. The number of hydrogen-bond donors (Lipinski definition) is 1. The van der Waals surface area contributed by atoms with Gasteiger partial charge in [-0.2, -0.15) is 5.10 Å². The minimum absolute atomic E-state index is 0.119. The smallest absolute Gasteiger partial charge is 0.258 e. The molecule has 142 valence electrons. The lowest BCUT2D eigenvalue weighted by Crippen LogP contribution is -2.44. The Balaban J connectivity index is 1.59. The molecule has 0 radical (unpaired) electrons. The quantitative estimate of drug-likeness (QED) is 0.696. The molecule has 0 spiro atoms. The number of aromatic nitrogens is 3. The zero-order valence-corrected chi connectivity index (χ0v) is 15.7. The molecule has 1 aliphatic heterocycles. The van der Waals surface area contributed by atoms with Gasteiger partial charge in [0.15, 0.2) is 0 Å². The number of carbonyl (C=O) groups excluding carboxylic acids is 1. The molecule has 0 atom stereocenters. The molecule has 1 fully saturated rings. The number of para-hydroxylation sites is 1. The number of hydrogen-bond acceptors (Lipinski definition) is 4. The van der Waals surface area contributed by atoms with Crippen molar-refractivity contribution in [1.29, 1.82) is 0 Å². The van der Waals surface area contributed by atoms with E-state index in [9.17, 15) is 4.79 Å². The van der Waals surface area contributed by atoms with E-state index in [1.54, 1.807) is 18.5 Å². The fraction of sp³-hybridized carbons (Fsp3) is 0.227. The molecule has 6 nitrogen and oxygen atoms in total. The third-order valence-electron chi connectivity index (χ3n) is 4.74. The summed E-state index contributed by atoms with van der Waals surface area (Å²) in [6.07, 6.45) is 12.3. The molecular formula is C22H23N5O. The first-order valence-electron chi connectivity index (χ1n) is 9.59. The van der Waals surface area contributed by atoms with Crippen molar-refractivity contribution in [2.75, 3.05) is 13.1 Å². The average molecular weight is 373 g/mol. The molecule has 1 N–H and O–H groups in total. The fourth-order valence-corrected chi connectivity index (χ4v) is 3.31. The zero-order chi connectivity index (χ0) is 19.2. The Kier molecular flexibility index (Phi) is 5.58. The van der Waals surface area contributed by atoms with Gasteiger partial charge < -0.3 is 0 Å². The number of nitrogens with zero attached hydrogens (tertiary/aromatic N) is 4. The highest BCUT2D eigenvalue weighted by Crippen LogP contribution is 2.24. The monoisotopic (exact) mass is 373 g/mol. The van der Waals surface area contributed by atoms with Gasteiger partial charge in [0.1, 0.15) is 5.69 Å². The van der Waals surface area contributed by atoms with Gasteiger partial charge in [-0.15, -0.1) is 0 Å². The van der Waals surface area contributed by atoms with E-state index in [2.05, 4.69) is 10.4 Å². The van der Waals surface area contributed by atoms with Crippen molar-refractivity contribution in [3.63, 3.8) is 0 Å². The SMILES string of the molecule is O=C(/C=C/c1cn(-c2ccccc2)nc1-c1cccnc1)NN1CCCCC1. The third-order valence-corrected chi connectivity index (χ3v) is 4.74. The van der Waals surface area contributed by atoms with Crippen LogP contribution in [0.2, 0.25) is 0 Å². The first-order chi connectivity index (χ1) is 13.8. The van der Waals surface area contributed by atoms with E-state index in [4.69, 9.17) is 5.10 Å². The summed E-state index contributed by atoms with van der Waals surface area (Å²) in [6.45, 7) is 1.82. The van der Waals surface area contributed by atoms with Gasteiger partial charge >= 0.3 is 0 Å². The maximum atomic E-state index is 12.3. The van der Waals surface area contributed by atoms with Crippen LogP contribution in [0.3, 0.4) is 0 Å². The topological polar surface area (TPSA) is 63.1 Å². The zero-order valence-electron chi connectivity index (χ0n) is 15.7. The Hall–Kier alpha value is -3.25. The average Bonchev–Trinajstić information content (AvgIpc) is 3.19. The van der Waals surface area contributed by atoms with Crippen LogP contribution in [-0.4, -0.2) is 38.8 Å². The highest BCUT2D eigenvalue weighted by Gasteiger charge is 2.13. The summed E-state index contributed by atoms with van der Waals surface area (Å²) < 4.78 is 1.82. The molecule has 0 bridgehead atoms. The summed E-state index contributed by atoms with van der Waals surface area (Å²) in [5.41, 5.74) is 6.49. The summed E-state index contributed by atoms with van der Waals surface area (Å²) in [4.78, 5) is 16.5. The molecule has 28 heavy (non-hydrogen) atoms. The van der Waals surface area contributed by atoms with Crippen LogP contribution in [0.1, 0.15) is 24.8 Å². The standard InChI is InChI=1S/C22H23N5O/c28-21(24-26-14-5-2-6-15-26)12-11-19-17-27(20-9-3-1-4-10-20)25-22(19)18-8-7-13-23-16-18/h1,3-4,7-13,16-17H,2,5-6,14-15H2,(H,24,28)/b12-11+. The van der Waals surface area contributed by atoms with Crippen molar-refractivity contribution >= 4 is 12.0 Å². The number of hydrazine groups is 1. The molecule has 6 heteroatoms. The molecule has 0 unspecified atom stereocenters. The Labute approximate surface area is 164 Å². The van der Waals surface area contributed by atoms with E-state index in [1.165, 1.54) is 6.42 Å². The van der Waals surface area contributed by atoms with Crippen LogP contribution in [0.15, 0.2) is 67.1 Å². The van der Waals surface area contributed by atoms with Crippen LogP contribution in [0.25, 0.3) is 23.0 Å². The number of pyridine rings is 1. The maximum absolute atomic E-state index is 12.3. The molecule has 1 aromatic carbocycles. The lowest BCUT2D eigenvalue weighted by molar-refractivity contribution is -0.121. The molecule has 1 saturated heterocycles. The van der Waals surface area contributed by atoms with Crippen LogP contribution in [0.5, 0.6) is 0 Å². The summed E-state index contributed by atoms with van der Waals surface area (Å²) in [5, 5.41) is 6.72. The fourth-order valence-electron chi connectivity index (χ4n) is 3.31. The largest absolute Gasteiger partial charge is 0.285 e. The first-order valence-corrected chi connectivity index (χ1v) is 9.59. The number of nitrogens with one attached hydrogen (secondary N) is 1. The van der Waals surface area contributed by atoms with Crippen LogP contribution in [0, 0.1) is 0 Å². The molecular weight excluding hydrogens is 350 g/mol. The van der Waals surface area contributed by atoms with Gasteiger partial charge in [-0.3, -0.25) is 15.2 Å². The van der Waals surface area contributed by atoms with Gasteiger partial charge in [0.2, 0.25) is 0 Å². The van der Waals surface area contributed by atoms with Gasteiger partial charge in [-0.25, -0.2) is 9.69 Å². The van der Waals surface area contributed by atoms with Gasteiger partial charge in [0, 0.05) is 48.9 Å². The van der Waals surface area contributed by atoms with E-state index < -0.39 is 0 Å². The van der Waals surface area contributed by atoms with E-state index in [-0.39, 0.29) is 5.91 Å². The van der Waals surface area contributed by atoms with Crippen LogP contribution in [-0.2, 0) is 4.79 Å². The highest BCUT2D eigenvalue weighted by atomic mass is 16.2. The number of amides is 1. The van der Waals surface area contributed by atoms with Crippen molar-refractivity contribution in [2.24, 2.45) is 0 Å². The number of carbonyl (C=O) groups is 1. The van der Waals surface area contributed by atoms with Gasteiger partial charge in [0.05, 0.1) is 5.69 Å². The molecule has 2 aromatic heterocycles. The van der Waals surface area contributed by atoms with Gasteiger partial charge in [-0.1, -0.05) is 24.6 Å². The molecule has 4 rings (SSSR count). The number of benzene rings is 1. The number of piperidine rings is 1. The Bertz CT molecular complexity index is 944. The predicted octanol–water partition coefficient (Wildman–Crippen LogP) is 3.46. The molecule has 3 heterocycles. The molecule has 0 saturated carbocycles. The lowest BCUT2D eigenvalue weighted by Gasteiger charge is -2.26. The number of rotatable bonds is 5. The minimum Gasteiger partial charge on any atom is -0.285 e. The van der Waals surface area contributed by atoms with Crippen LogP contribution < -0.4 is 5.43 Å². The summed E-state index contributed by atoms with van der Waals surface area (Å²) in [5.74, 6) is -0.119. The van der Waals surface area contributed by atoms with Crippen molar-refractivity contribution in [2.45, 2.75) is 19.3 Å². The van der Waals surface area contributed by atoms with Crippen molar-refractivity contribution < 1.29 is 4.79 Å². The Morgan fingerprint density at radius 3 is 2.61 bits per heavy atom. The second kappa shape index (κ2) is 8.63. The summed E-state index contributed by atoms with van der Waals surface area (Å²) in [6, 6.07) is 13.8. The van der Waals surface area contributed by atoms with E-state index in [0.717, 1.165) is 48.4 Å². The van der Waals surface area contributed by atoms with E-state index in [1.807, 2.05) is 64.4 Å². The highest BCUT2D eigenvalue weighted by molar-refractivity contribution is 5.92. The molecule has 1 aliphatic rings. The van der Waals surface area contributed by atoms with Crippen LogP contribution in [0.4, 0.5) is 0 Å². The van der Waals surface area contributed by atoms with E-state index >= 15 is 0 Å². The second-order valence-corrected chi connectivity index (χ2v) is 6.81. The molecule has 3 aromatic rings. The first kappa shape index (κ1) is 18.1. The van der Waals surface area contributed by atoms with E-state index in [0.29, 0.717) is 0 Å². The third kappa shape index (κ3) is 4.35. The molecule has 0 aliphatic carbocycles. The van der Waals surface area contributed by atoms with Crippen molar-refractivity contribution in [3.05, 3.63) is 72.7 Å². The van der Waals surface area contributed by atoms with Crippen molar-refractivity contribution in [1.82, 2.24) is 25.2 Å². The molecule has 1 amide bonds.